The number of esters is 1. The lowest BCUT2D eigenvalue weighted by Crippen LogP contribution is -2.39. The van der Waals surface area contributed by atoms with Crippen LogP contribution in [0, 0.1) is 5.82 Å². The molecule has 0 aliphatic carbocycles. The molecule has 0 aromatic heterocycles. The maximum absolute atomic E-state index is 14.3. The Morgan fingerprint density at radius 2 is 1.68 bits per heavy atom. The number of anilines is 1. The molecule has 1 N–H and O–H groups in total. The van der Waals surface area contributed by atoms with Gasteiger partial charge in [-0.3, -0.25) is 14.5 Å². The Morgan fingerprint density at radius 1 is 1.00 bits per heavy atom. The summed E-state index contributed by atoms with van der Waals surface area (Å²) in [6.07, 6.45) is 0.188. The number of hydrogen-bond acceptors (Lipinski definition) is 5. The number of nitrogens with zero attached hydrogens (tertiary/aromatic N) is 2. The normalized spacial score (nSPS) is 15.1. The van der Waals surface area contributed by atoms with Crippen LogP contribution in [0.3, 0.4) is 0 Å². The topological polar surface area (TPSA) is 78.9 Å². The van der Waals surface area contributed by atoms with E-state index in [0.717, 1.165) is 5.56 Å². The second-order valence-corrected chi connectivity index (χ2v) is 9.16. The molecule has 1 aliphatic heterocycles. The number of rotatable bonds is 10. The molecule has 2 amide bonds. The van der Waals surface area contributed by atoms with Gasteiger partial charge < -0.3 is 15.0 Å². The number of nitrogens with one attached hydrogen (secondary N) is 1. The van der Waals surface area contributed by atoms with Crippen molar-refractivity contribution in [1.82, 2.24) is 9.80 Å². The minimum atomic E-state index is -0.822. The van der Waals surface area contributed by atoms with Gasteiger partial charge in [0.1, 0.15) is 11.9 Å². The Bertz CT molecular complexity index is 1320. The van der Waals surface area contributed by atoms with Gasteiger partial charge >= 0.3 is 5.97 Å². The van der Waals surface area contributed by atoms with Gasteiger partial charge in [-0.15, -0.1) is 0 Å². The number of benzene rings is 3. The maximum Gasteiger partial charge on any atom is 0.338 e. The predicted octanol–water partition coefficient (Wildman–Crippen LogP) is 4.57. The molecule has 3 aromatic rings. The van der Waals surface area contributed by atoms with E-state index in [1.807, 2.05) is 30.3 Å². The number of thiocarbonyl (C=S) groups is 1. The molecule has 0 unspecified atom stereocenters. The van der Waals surface area contributed by atoms with Crippen LogP contribution in [0.1, 0.15) is 34.8 Å². The highest BCUT2D eigenvalue weighted by Crippen LogP contribution is 2.24. The zero-order valence-corrected chi connectivity index (χ0v) is 21.7. The lowest BCUT2D eigenvalue weighted by atomic mass is 10.1. The summed E-state index contributed by atoms with van der Waals surface area (Å²) in [7, 11) is 0. The SMILES string of the molecule is CCOC(=O)c1ccc(NC(=O)C[C@@H]2C(=O)N(Cc3ccccc3)C(=S)N2CCc2ccccc2F)cc1. The first kappa shape index (κ1) is 26.9. The van der Waals surface area contributed by atoms with Crippen LogP contribution in [-0.2, 0) is 27.3 Å². The third-order valence-electron chi connectivity index (χ3n) is 6.23. The second-order valence-electron chi connectivity index (χ2n) is 8.79. The van der Waals surface area contributed by atoms with E-state index in [0.29, 0.717) is 28.3 Å². The molecule has 1 aliphatic rings. The first-order valence-electron chi connectivity index (χ1n) is 12.3. The van der Waals surface area contributed by atoms with Crippen molar-refractivity contribution in [1.29, 1.82) is 0 Å². The zero-order valence-electron chi connectivity index (χ0n) is 20.9. The minimum Gasteiger partial charge on any atom is -0.462 e. The van der Waals surface area contributed by atoms with Crippen LogP contribution in [0.15, 0.2) is 78.9 Å². The van der Waals surface area contributed by atoms with E-state index in [1.54, 1.807) is 54.3 Å². The Labute approximate surface area is 226 Å². The summed E-state index contributed by atoms with van der Waals surface area (Å²) in [5.41, 5.74) is 2.27. The van der Waals surface area contributed by atoms with Gasteiger partial charge in [-0.25, -0.2) is 9.18 Å². The van der Waals surface area contributed by atoms with Crippen molar-refractivity contribution in [2.75, 3.05) is 18.5 Å². The molecule has 1 atom stereocenters. The van der Waals surface area contributed by atoms with Crippen LogP contribution in [0.25, 0.3) is 0 Å². The summed E-state index contributed by atoms with van der Waals surface area (Å²) in [6.45, 7) is 2.55. The van der Waals surface area contributed by atoms with E-state index in [-0.39, 0.29) is 43.7 Å². The summed E-state index contributed by atoms with van der Waals surface area (Å²) in [4.78, 5) is 41.5. The van der Waals surface area contributed by atoms with Crippen LogP contribution in [0.4, 0.5) is 10.1 Å². The number of hydrogen-bond donors (Lipinski definition) is 1. The lowest BCUT2D eigenvalue weighted by molar-refractivity contribution is -0.131. The fourth-order valence-corrected chi connectivity index (χ4v) is 4.66. The molecule has 9 heteroatoms. The maximum atomic E-state index is 14.3. The highest BCUT2D eigenvalue weighted by atomic mass is 32.1. The van der Waals surface area contributed by atoms with Gasteiger partial charge in [0, 0.05) is 12.2 Å². The Morgan fingerprint density at radius 3 is 2.37 bits per heavy atom. The average molecular weight is 534 g/mol. The number of amides is 2. The van der Waals surface area contributed by atoms with Gasteiger partial charge in [0.15, 0.2) is 5.11 Å². The van der Waals surface area contributed by atoms with Crippen molar-refractivity contribution in [2.24, 2.45) is 0 Å². The summed E-state index contributed by atoms with van der Waals surface area (Å²) < 4.78 is 19.2. The van der Waals surface area contributed by atoms with Crippen LogP contribution >= 0.6 is 12.2 Å². The Balaban J connectivity index is 1.48. The molecule has 1 fully saturated rings. The van der Waals surface area contributed by atoms with Gasteiger partial charge in [-0.05, 0) is 67.0 Å². The molecule has 4 rings (SSSR count). The molecule has 3 aromatic carbocycles. The first-order chi connectivity index (χ1) is 18.4. The van der Waals surface area contributed by atoms with E-state index >= 15 is 0 Å². The largest absolute Gasteiger partial charge is 0.462 e. The monoisotopic (exact) mass is 533 g/mol. The summed E-state index contributed by atoms with van der Waals surface area (Å²) >= 11 is 5.67. The molecule has 1 heterocycles. The van der Waals surface area contributed by atoms with Crippen molar-refractivity contribution in [3.8, 4) is 0 Å². The van der Waals surface area contributed by atoms with Crippen molar-refractivity contribution in [2.45, 2.75) is 32.4 Å². The third-order valence-corrected chi connectivity index (χ3v) is 6.68. The van der Waals surface area contributed by atoms with E-state index in [1.165, 1.54) is 11.0 Å². The number of carbonyl (C=O) groups is 3. The van der Waals surface area contributed by atoms with Crippen LogP contribution in [-0.4, -0.2) is 51.9 Å². The van der Waals surface area contributed by atoms with Crippen LogP contribution in [0.2, 0.25) is 0 Å². The molecule has 1 saturated heterocycles. The highest BCUT2D eigenvalue weighted by Gasteiger charge is 2.43. The van der Waals surface area contributed by atoms with E-state index in [2.05, 4.69) is 5.32 Å². The van der Waals surface area contributed by atoms with Gasteiger partial charge in [-0.2, -0.15) is 0 Å². The zero-order chi connectivity index (χ0) is 27.1. The predicted molar refractivity (Wildman–Crippen MR) is 146 cm³/mol. The lowest BCUT2D eigenvalue weighted by Gasteiger charge is -2.24. The number of ether oxygens (including phenoxy) is 1. The first-order valence-corrected chi connectivity index (χ1v) is 12.7. The molecule has 0 bridgehead atoms. The van der Waals surface area contributed by atoms with E-state index in [9.17, 15) is 18.8 Å². The van der Waals surface area contributed by atoms with Crippen molar-refractivity contribution >= 4 is 40.8 Å². The van der Waals surface area contributed by atoms with Gasteiger partial charge in [0.05, 0.1) is 25.1 Å². The molecular weight excluding hydrogens is 505 g/mol. The summed E-state index contributed by atoms with van der Waals surface area (Å²) in [5.74, 6) is -1.43. The molecule has 0 radical (unpaired) electrons. The fraction of sp³-hybridized carbons (Fsp3) is 0.241. The molecule has 7 nitrogen and oxygen atoms in total. The Hall–Kier alpha value is -4.11. The molecule has 0 spiro atoms. The summed E-state index contributed by atoms with van der Waals surface area (Å²) in [6, 6.07) is 21.4. The van der Waals surface area contributed by atoms with Crippen LogP contribution < -0.4 is 5.32 Å². The molecule has 196 valence electrons. The van der Waals surface area contributed by atoms with Crippen molar-refractivity contribution in [3.05, 3.63) is 101 Å². The second kappa shape index (κ2) is 12.4. The van der Waals surface area contributed by atoms with Gasteiger partial charge in [-0.1, -0.05) is 48.5 Å². The minimum absolute atomic E-state index is 0.138. The van der Waals surface area contributed by atoms with Crippen LogP contribution in [0.5, 0.6) is 0 Å². The van der Waals surface area contributed by atoms with Gasteiger partial charge in [0.2, 0.25) is 5.91 Å². The summed E-state index contributed by atoms with van der Waals surface area (Å²) in [5, 5.41) is 3.09. The Kier molecular flexibility index (Phi) is 8.81. The van der Waals surface area contributed by atoms with E-state index in [4.69, 9.17) is 17.0 Å². The number of carbonyl (C=O) groups excluding carboxylic acids is 3. The smallest absolute Gasteiger partial charge is 0.338 e. The quantitative estimate of drug-likeness (QED) is 0.304. The van der Waals surface area contributed by atoms with Crippen molar-refractivity contribution in [3.63, 3.8) is 0 Å². The molecule has 38 heavy (non-hydrogen) atoms. The highest BCUT2D eigenvalue weighted by molar-refractivity contribution is 7.80. The third kappa shape index (κ3) is 6.41. The van der Waals surface area contributed by atoms with Gasteiger partial charge in [0.25, 0.3) is 5.91 Å². The molecule has 0 saturated carbocycles. The molecular formula is C29H28FN3O4S. The number of halogens is 1. The van der Waals surface area contributed by atoms with Crippen molar-refractivity contribution < 1.29 is 23.5 Å². The fourth-order valence-electron chi connectivity index (χ4n) is 4.29. The standard InChI is InChI=1S/C29H28FN3O4S/c1-2-37-28(36)22-12-14-23(15-13-22)31-26(34)18-25-27(35)33(19-20-8-4-3-5-9-20)29(38)32(25)17-16-21-10-6-7-11-24(21)30/h3-15,25H,2,16-19H2,1H3,(H,31,34)/t25-/m1/s1. The average Bonchev–Trinajstić information content (AvgIpc) is 3.13. The van der Waals surface area contributed by atoms with E-state index < -0.39 is 12.0 Å².